The van der Waals surface area contributed by atoms with Crippen LogP contribution in [0.25, 0.3) is 22.6 Å². The van der Waals surface area contributed by atoms with Crippen LogP contribution in [0.5, 0.6) is 0 Å². The quantitative estimate of drug-likeness (QED) is 0.124. The first-order valence-electron chi connectivity index (χ1n) is 14.4. The number of anilines is 3. The van der Waals surface area contributed by atoms with E-state index in [9.17, 15) is 0 Å². The van der Waals surface area contributed by atoms with E-state index in [0.717, 1.165) is 26.4 Å². The lowest BCUT2D eigenvalue weighted by Crippen LogP contribution is -2.55. The summed E-state index contributed by atoms with van der Waals surface area (Å²) in [5.74, 6) is 0. The minimum absolute atomic E-state index is 0.560. The third-order valence-corrected chi connectivity index (χ3v) is 12.7. The van der Waals surface area contributed by atoms with Crippen molar-refractivity contribution in [3.63, 3.8) is 0 Å². The number of aryl methyl sites for hydroxylation is 1. The first-order valence-corrected chi connectivity index (χ1v) is 17.7. The number of hydrogen-bond donors (Lipinski definition) is 0. The van der Waals surface area contributed by atoms with Crippen molar-refractivity contribution in [2.24, 2.45) is 0 Å². The van der Waals surface area contributed by atoms with E-state index < -0.39 is 8.80 Å². The molecule has 4 nitrogen and oxygen atoms in total. The fourth-order valence-corrected chi connectivity index (χ4v) is 10.1. The average molecular weight is 612 g/mol. The molecule has 2 heterocycles. The van der Waals surface area contributed by atoms with E-state index in [-0.39, 0.29) is 0 Å². The van der Waals surface area contributed by atoms with Crippen molar-refractivity contribution in [2.75, 3.05) is 24.7 Å². The van der Waals surface area contributed by atoms with Gasteiger partial charge in [-0.05, 0) is 106 Å². The van der Waals surface area contributed by atoms with Gasteiger partial charge in [-0.3, -0.25) is 0 Å². The van der Waals surface area contributed by atoms with Gasteiger partial charge in [0.2, 0.25) is 0 Å². The van der Waals surface area contributed by atoms with Gasteiger partial charge in [0.25, 0.3) is 0 Å². The highest BCUT2D eigenvalue weighted by Crippen LogP contribution is 2.37. The first-order chi connectivity index (χ1) is 20.6. The zero-order valence-corrected chi connectivity index (χ0v) is 27.2. The van der Waals surface area contributed by atoms with Gasteiger partial charge in [0.05, 0.1) is 4.50 Å². The van der Waals surface area contributed by atoms with E-state index in [1.807, 2.05) is 32.1 Å². The Kier molecular flexibility index (Phi) is 10.2. The molecule has 216 valence electrons. The molecule has 0 bridgehead atoms. The molecule has 42 heavy (non-hydrogen) atoms. The minimum atomic E-state index is -2.88. The van der Waals surface area contributed by atoms with Gasteiger partial charge in [-0.2, -0.15) is 0 Å². The van der Waals surface area contributed by atoms with Gasteiger partial charge in [-0.25, -0.2) is 0 Å². The van der Waals surface area contributed by atoms with Crippen LogP contribution in [0.15, 0.2) is 103 Å². The second kappa shape index (κ2) is 14.2. The molecule has 0 saturated carbocycles. The van der Waals surface area contributed by atoms with Crippen LogP contribution in [0.3, 0.4) is 0 Å². The van der Waals surface area contributed by atoms with Crippen molar-refractivity contribution < 1.29 is 13.3 Å². The fourth-order valence-electron chi connectivity index (χ4n) is 4.85. The number of benzene rings is 3. The fraction of sp³-hybridized carbons (Fsp3) is 0.200. The van der Waals surface area contributed by atoms with Gasteiger partial charge in [-0.1, -0.05) is 48.5 Å². The van der Waals surface area contributed by atoms with Crippen LogP contribution in [0, 0.1) is 6.92 Å². The van der Waals surface area contributed by atoms with Crippen LogP contribution in [0.4, 0.5) is 17.1 Å². The SMILES string of the molecule is CCO[Si](OCC)(OCC)c1ccc(/C=C/c2sc(-c3ccc(N(c4ccccc4)c4ccccc4)cc3)cc2C)s1. The lowest BCUT2D eigenvalue weighted by molar-refractivity contribution is 0.0866. The van der Waals surface area contributed by atoms with Crippen molar-refractivity contribution in [1.82, 2.24) is 0 Å². The van der Waals surface area contributed by atoms with E-state index in [1.54, 1.807) is 11.3 Å². The normalized spacial score (nSPS) is 11.8. The van der Waals surface area contributed by atoms with Crippen LogP contribution < -0.4 is 9.40 Å². The zero-order valence-electron chi connectivity index (χ0n) is 24.6. The summed E-state index contributed by atoms with van der Waals surface area (Å²) in [5, 5.41) is 0. The van der Waals surface area contributed by atoms with Gasteiger partial charge in [0.1, 0.15) is 0 Å². The number of thiophene rings is 2. The summed E-state index contributed by atoms with van der Waals surface area (Å²) in [6.07, 6.45) is 4.39. The lowest BCUT2D eigenvalue weighted by Gasteiger charge is -2.27. The Morgan fingerprint density at radius 2 is 1.19 bits per heavy atom. The second-order valence-corrected chi connectivity index (χ2v) is 14.7. The van der Waals surface area contributed by atoms with Crippen molar-refractivity contribution in [1.29, 1.82) is 0 Å². The second-order valence-electron chi connectivity index (χ2n) is 9.60. The van der Waals surface area contributed by atoms with Crippen LogP contribution in [0.2, 0.25) is 0 Å². The minimum Gasteiger partial charge on any atom is -0.370 e. The Hall–Kier alpha value is -3.30. The third kappa shape index (κ3) is 6.84. The lowest BCUT2D eigenvalue weighted by atomic mass is 10.1. The van der Waals surface area contributed by atoms with E-state index >= 15 is 0 Å². The van der Waals surface area contributed by atoms with Crippen LogP contribution >= 0.6 is 22.7 Å². The molecule has 0 amide bonds. The summed E-state index contributed by atoms with van der Waals surface area (Å²) in [6.45, 7) is 9.82. The molecule has 0 atom stereocenters. The van der Waals surface area contributed by atoms with E-state index in [0.29, 0.717) is 19.8 Å². The maximum atomic E-state index is 6.10. The molecule has 5 aromatic rings. The molecule has 0 N–H and O–H groups in total. The summed E-state index contributed by atoms with van der Waals surface area (Å²) in [5.41, 5.74) is 5.88. The monoisotopic (exact) mass is 611 g/mol. The highest BCUT2D eigenvalue weighted by atomic mass is 32.1. The predicted molar refractivity (Wildman–Crippen MR) is 183 cm³/mol. The Morgan fingerprint density at radius 1 is 0.643 bits per heavy atom. The molecule has 0 spiro atoms. The summed E-state index contributed by atoms with van der Waals surface area (Å²) in [4.78, 5) is 5.95. The molecule has 0 radical (unpaired) electrons. The van der Waals surface area contributed by atoms with Crippen molar-refractivity contribution in [3.05, 3.63) is 118 Å². The van der Waals surface area contributed by atoms with E-state index in [1.165, 1.54) is 20.9 Å². The molecule has 3 aromatic carbocycles. The van der Waals surface area contributed by atoms with Crippen molar-refractivity contribution >= 4 is 65.2 Å². The van der Waals surface area contributed by atoms with Gasteiger partial charge >= 0.3 is 8.80 Å². The van der Waals surface area contributed by atoms with E-state index in [4.69, 9.17) is 13.3 Å². The molecule has 5 rings (SSSR count). The third-order valence-electron chi connectivity index (χ3n) is 6.73. The number of nitrogens with zero attached hydrogens (tertiary/aromatic N) is 1. The average Bonchev–Trinajstić information content (AvgIpc) is 3.65. The molecule has 0 aliphatic carbocycles. The molecule has 0 unspecified atom stereocenters. The zero-order chi connectivity index (χ0) is 29.4. The van der Waals surface area contributed by atoms with Gasteiger partial charge in [0, 0.05) is 51.5 Å². The van der Waals surface area contributed by atoms with Gasteiger partial charge in [0.15, 0.2) is 0 Å². The standard InChI is InChI=1S/C35H37NO3S2Si/c1-5-37-42(38-6-2,39-7-3)35-25-23-32(40-35)22-24-33-27(4)26-34(41-33)28-18-20-31(21-19-28)36(29-14-10-8-11-15-29)30-16-12-9-13-17-30/h8-26H,5-7H2,1-4H3/b24-22+. The Morgan fingerprint density at radius 3 is 1.74 bits per heavy atom. The molecule has 2 aromatic heterocycles. The predicted octanol–water partition coefficient (Wildman–Crippen LogP) is 9.68. The molecule has 0 fully saturated rings. The van der Waals surface area contributed by atoms with Crippen molar-refractivity contribution in [2.45, 2.75) is 27.7 Å². The summed E-state index contributed by atoms with van der Waals surface area (Å²) >= 11 is 3.50. The number of para-hydroxylation sites is 2. The summed E-state index contributed by atoms with van der Waals surface area (Å²) in [7, 11) is -2.88. The highest BCUT2D eigenvalue weighted by molar-refractivity contribution is 7.24. The Balaban J connectivity index is 1.36. The molecule has 7 heteroatoms. The number of hydrogen-bond acceptors (Lipinski definition) is 6. The smallest absolute Gasteiger partial charge is 0.370 e. The molecule has 0 aliphatic rings. The molecule has 0 aliphatic heterocycles. The van der Waals surface area contributed by atoms with Gasteiger partial charge in [-0.15, -0.1) is 22.7 Å². The van der Waals surface area contributed by atoms with E-state index in [2.05, 4.69) is 127 Å². The summed E-state index contributed by atoms with van der Waals surface area (Å²) < 4.78 is 19.3. The summed E-state index contributed by atoms with van der Waals surface area (Å²) in [6, 6.07) is 36.4. The van der Waals surface area contributed by atoms with Crippen LogP contribution in [0.1, 0.15) is 36.1 Å². The molecular formula is C35H37NO3S2Si. The van der Waals surface area contributed by atoms with Gasteiger partial charge < -0.3 is 18.2 Å². The number of rotatable bonds is 13. The molecule has 0 saturated heterocycles. The maximum absolute atomic E-state index is 6.10. The highest BCUT2D eigenvalue weighted by Gasteiger charge is 2.44. The van der Waals surface area contributed by atoms with Crippen LogP contribution in [-0.2, 0) is 13.3 Å². The van der Waals surface area contributed by atoms with Crippen molar-refractivity contribution in [3.8, 4) is 10.4 Å². The Bertz CT molecular complexity index is 1520. The first kappa shape index (κ1) is 30.2. The Labute approximate surface area is 258 Å². The maximum Gasteiger partial charge on any atom is 0.547 e. The van der Waals surface area contributed by atoms with Crippen LogP contribution in [-0.4, -0.2) is 28.6 Å². The molecular weight excluding hydrogens is 575 g/mol. The largest absolute Gasteiger partial charge is 0.547 e. The topological polar surface area (TPSA) is 30.9 Å².